The van der Waals surface area contributed by atoms with Crippen LogP contribution in [0.5, 0.6) is 0 Å². The first kappa shape index (κ1) is 28.2. The second-order valence-electron chi connectivity index (χ2n) is 10.9. The van der Waals surface area contributed by atoms with Crippen molar-refractivity contribution in [3.05, 3.63) is 52.9 Å². The van der Waals surface area contributed by atoms with Crippen molar-refractivity contribution in [3.8, 4) is 0 Å². The Kier molecular flexibility index (Phi) is 8.12. The van der Waals surface area contributed by atoms with Gasteiger partial charge in [0.05, 0.1) is 18.2 Å². The molecule has 3 aliphatic rings. The molecule has 6 rings (SSSR count). The predicted molar refractivity (Wildman–Crippen MR) is 155 cm³/mol. The zero-order valence-electron chi connectivity index (χ0n) is 23.1. The zero-order valence-corrected chi connectivity index (χ0v) is 23.8. The van der Waals surface area contributed by atoms with E-state index in [-0.39, 0.29) is 46.9 Å². The number of aromatic nitrogens is 1. The number of rotatable bonds is 6. The summed E-state index contributed by atoms with van der Waals surface area (Å²) in [4.78, 5) is 60.1. The van der Waals surface area contributed by atoms with Crippen molar-refractivity contribution in [3.63, 3.8) is 0 Å². The number of benzene rings is 1. The summed E-state index contributed by atoms with van der Waals surface area (Å²) in [6.07, 6.45) is 5.67. The number of ether oxygens (including phenoxy) is 1. The fourth-order valence-corrected chi connectivity index (χ4v) is 6.13. The van der Waals surface area contributed by atoms with Crippen LogP contribution in [-0.2, 0) is 14.3 Å². The summed E-state index contributed by atoms with van der Waals surface area (Å²) < 4.78 is 11.3. The third-order valence-electron chi connectivity index (χ3n) is 8.27. The molecule has 4 amide bonds. The number of nitrogens with zero attached hydrogens (tertiary/aromatic N) is 3. The van der Waals surface area contributed by atoms with Crippen LogP contribution in [0.25, 0.3) is 11.0 Å². The first-order valence-corrected chi connectivity index (χ1v) is 14.7. The van der Waals surface area contributed by atoms with Crippen LogP contribution in [0.3, 0.4) is 0 Å². The Morgan fingerprint density at radius 2 is 1.76 bits per heavy atom. The van der Waals surface area contributed by atoms with Crippen LogP contribution in [0.1, 0.15) is 59.4 Å². The number of halogens is 1. The van der Waals surface area contributed by atoms with Gasteiger partial charge in [-0.15, -0.1) is 0 Å². The number of anilines is 2. The number of hydrogen-bond donors (Lipinski definition) is 2. The van der Waals surface area contributed by atoms with Crippen molar-refractivity contribution in [1.29, 1.82) is 0 Å². The van der Waals surface area contributed by atoms with Gasteiger partial charge in [-0.2, -0.15) is 0 Å². The van der Waals surface area contributed by atoms with Crippen molar-refractivity contribution in [1.82, 2.24) is 14.8 Å². The fraction of sp³-hybridized carbons (Fsp3) is 0.433. The molecular weight excluding hydrogens is 562 g/mol. The normalized spacial score (nSPS) is 21.0. The number of nitrogens with one attached hydrogen (secondary N) is 2. The van der Waals surface area contributed by atoms with Gasteiger partial charge in [-0.05, 0) is 62.4 Å². The largest absolute Gasteiger partial charge is 0.449 e. The minimum atomic E-state index is -0.603. The molecule has 1 saturated carbocycles. The van der Waals surface area contributed by atoms with Crippen LogP contribution in [-0.4, -0.2) is 77.3 Å². The van der Waals surface area contributed by atoms with E-state index in [2.05, 4.69) is 15.6 Å². The molecule has 0 atom stereocenters. The van der Waals surface area contributed by atoms with Gasteiger partial charge in [0.25, 0.3) is 11.8 Å². The lowest BCUT2D eigenvalue weighted by molar-refractivity contribution is -0.130. The van der Waals surface area contributed by atoms with E-state index in [0.29, 0.717) is 67.1 Å². The molecule has 220 valence electrons. The molecule has 4 heterocycles. The quantitative estimate of drug-likeness (QED) is 0.434. The standard InChI is InChI=1S/C30H32ClN5O6/c31-20-6-10-24(32-17-20)33-29(39)27-26(34-28(38)18-3-7-21(8-4-18)36-11-1-2-25(36)37)22-16-19(5-9-23(22)42-27)30(40)35-12-14-41-15-13-35/h5-6,9-10,16-18,21H,1-4,7-8,11-15H2,(H,34,38)(H,32,33,39). The lowest BCUT2D eigenvalue weighted by Gasteiger charge is -2.34. The summed E-state index contributed by atoms with van der Waals surface area (Å²) in [7, 11) is 0. The topological polar surface area (TPSA) is 134 Å². The minimum Gasteiger partial charge on any atom is -0.449 e. The molecular formula is C30H32ClN5O6. The van der Waals surface area contributed by atoms with Crippen molar-refractivity contribution in [2.24, 2.45) is 5.92 Å². The highest BCUT2D eigenvalue weighted by Gasteiger charge is 2.34. The van der Waals surface area contributed by atoms with Gasteiger partial charge in [-0.1, -0.05) is 11.6 Å². The maximum absolute atomic E-state index is 13.6. The number of furan rings is 1. The Labute approximate surface area is 247 Å². The van der Waals surface area contributed by atoms with Gasteiger partial charge in [0, 0.05) is 55.2 Å². The number of pyridine rings is 1. The average molecular weight is 594 g/mol. The van der Waals surface area contributed by atoms with Crippen LogP contribution in [0.2, 0.25) is 5.02 Å². The van der Waals surface area contributed by atoms with Crippen LogP contribution >= 0.6 is 11.6 Å². The van der Waals surface area contributed by atoms with Gasteiger partial charge >= 0.3 is 0 Å². The smallest absolute Gasteiger partial charge is 0.294 e. The van der Waals surface area contributed by atoms with E-state index < -0.39 is 5.91 Å². The molecule has 1 aromatic carbocycles. The number of amides is 4. The van der Waals surface area contributed by atoms with Crippen LogP contribution in [0, 0.1) is 5.92 Å². The molecule has 2 N–H and O–H groups in total. The Bertz CT molecular complexity index is 1510. The zero-order chi connectivity index (χ0) is 29.2. The molecule has 0 bridgehead atoms. The van der Waals surface area contributed by atoms with E-state index in [1.165, 1.54) is 6.20 Å². The third-order valence-corrected chi connectivity index (χ3v) is 8.50. The predicted octanol–water partition coefficient (Wildman–Crippen LogP) is 4.33. The maximum atomic E-state index is 13.6. The first-order valence-electron chi connectivity index (χ1n) is 14.3. The first-order chi connectivity index (χ1) is 20.4. The molecule has 3 aromatic rings. The van der Waals surface area contributed by atoms with Crippen molar-refractivity contribution in [2.45, 2.75) is 44.6 Å². The molecule has 2 aromatic heterocycles. The molecule has 2 aliphatic heterocycles. The van der Waals surface area contributed by atoms with Gasteiger partial charge in [-0.3, -0.25) is 19.2 Å². The molecule has 12 heteroatoms. The van der Waals surface area contributed by atoms with E-state index in [4.69, 9.17) is 20.8 Å². The molecule has 42 heavy (non-hydrogen) atoms. The summed E-state index contributed by atoms with van der Waals surface area (Å²) >= 11 is 5.93. The van der Waals surface area contributed by atoms with Gasteiger partial charge < -0.3 is 29.6 Å². The molecule has 2 saturated heterocycles. The Morgan fingerprint density at radius 1 is 0.976 bits per heavy atom. The summed E-state index contributed by atoms with van der Waals surface area (Å²) in [6, 6.07) is 8.26. The highest BCUT2D eigenvalue weighted by Crippen LogP contribution is 2.35. The Hall–Kier alpha value is -3.96. The molecule has 0 spiro atoms. The molecule has 3 fully saturated rings. The van der Waals surface area contributed by atoms with Gasteiger partial charge in [0.2, 0.25) is 17.6 Å². The van der Waals surface area contributed by atoms with Gasteiger partial charge in [0.15, 0.2) is 0 Å². The molecule has 0 unspecified atom stereocenters. The summed E-state index contributed by atoms with van der Waals surface area (Å²) in [5.74, 6) is -0.912. The van der Waals surface area contributed by atoms with E-state index in [0.717, 1.165) is 25.8 Å². The van der Waals surface area contributed by atoms with Crippen molar-refractivity contribution >= 4 is 57.7 Å². The number of hydrogen-bond acceptors (Lipinski definition) is 7. The van der Waals surface area contributed by atoms with E-state index >= 15 is 0 Å². The van der Waals surface area contributed by atoms with Crippen LogP contribution in [0.4, 0.5) is 11.5 Å². The summed E-state index contributed by atoms with van der Waals surface area (Å²) in [5.41, 5.74) is 0.979. The van der Waals surface area contributed by atoms with Gasteiger partial charge in [0.1, 0.15) is 17.1 Å². The molecule has 11 nitrogen and oxygen atoms in total. The SMILES string of the molecule is O=C(Nc1ccc(Cl)cn1)c1oc2ccc(C(=O)N3CCOCC3)cc2c1NC(=O)C1CCC(N2CCCC2=O)CC1. The molecule has 1 aliphatic carbocycles. The second kappa shape index (κ2) is 12.1. The van der Waals surface area contributed by atoms with Crippen molar-refractivity contribution < 1.29 is 28.3 Å². The van der Waals surface area contributed by atoms with Crippen molar-refractivity contribution in [2.75, 3.05) is 43.5 Å². The number of morpholine rings is 1. The number of fused-ring (bicyclic) bond motifs is 1. The summed E-state index contributed by atoms with van der Waals surface area (Å²) in [5, 5.41) is 6.52. The second-order valence-corrected chi connectivity index (χ2v) is 11.4. The van der Waals surface area contributed by atoms with E-state index in [1.54, 1.807) is 35.2 Å². The molecule has 0 radical (unpaired) electrons. The third kappa shape index (κ3) is 5.84. The fourth-order valence-electron chi connectivity index (χ4n) is 6.02. The Morgan fingerprint density at radius 3 is 2.45 bits per heavy atom. The monoisotopic (exact) mass is 593 g/mol. The maximum Gasteiger partial charge on any atom is 0.294 e. The van der Waals surface area contributed by atoms with Gasteiger partial charge in [-0.25, -0.2) is 4.98 Å². The van der Waals surface area contributed by atoms with E-state index in [9.17, 15) is 19.2 Å². The van der Waals surface area contributed by atoms with Crippen LogP contribution in [0.15, 0.2) is 40.9 Å². The minimum absolute atomic E-state index is 0.0950. The number of likely N-dealkylation sites (tertiary alicyclic amines) is 1. The van der Waals surface area contributed by atoms with Crippen LogP contribution < -0.4 is 10.6 Å². The lowest BCUT2D eigenvalue weighted by Crippen LogP contribution is -2.40. The average Bonchev–Trinajstić information content (AvgIpc) is 3.61. The summed E-state index contributed by atoms with van der Waals surface area (Å²) in [6.45, 7) is 2.70. The highest BCUT2D eigenvalue weighted by atomic mass is 35.5. The highest BCUT2D eigenvalue weighted by molar-refractivity contribution is 6.30. The number of carbonyl (C=O) groups is 4. The number of carbonyl (C=O) groups excluding carboxylic acids is 4. The lowest BCUT2D eigenvalue weighted by atomic mass is 9.84. The van der Waals surface area contributed by atoms with E-state index in [1.807, 2.05) is 4.90 Å². The Balaban J connectivity index is 1.26.